The fourth-order valence-electron chi connectivity index (χ4n) is 5.13. The number of ether oxygens (including phenoxy) is 1. The quantitative estimate of drug-likeness (QED) is 0.474. The van der Waals surface area contributed by atoms with Crippen molar-refractivity contribution < 1.29 is 29.3 Å². The zero-order chi connectivity index (χ0) is 24.1. The summed E-state index contributed by atoms with van der Waals surface area (Å²) in [5, 5.41) is 23.5. The van der Waals surface area contributed by atoms with Gasteiger partial charge in [-0.05, 0) is 41.0 Å². The third kappa shape index (κ3) is 5.07. The number of benzene rings is 2. The lowest BCUT2D eigenvalue weighted by Gasteiger charge is -2.31. The van der Waals surface area contributed by atoms with Crippen LogP contribution in [0, 0.1) is 11.8 Å². The number of fused-ring (bicyclic) bond motifs is 3. The number of aliphatic carboxylic acids is 1. The molecule has 4 rings (SSSR count). The van der Waals surface area contributed by atoms with Crippen LogP contribution in [-0.4, -0.2) is 54.0 Å². The second kappa shape index (κ2) is 10.7. The third-order valence-electron chi connectivity index (χ3n) is 6.90. The molecular formula is C26H30N2O6. The maximum Gasteiger partial charge on any atom is 0.407 e. The largest absolute Gasteiger partial charge is 0.480 e. The van der Waals surface area contributed by atoms with Gasteiger partial charge in [0.25, 0.3) is 0 Å². The van der Waals surface area contributed by atoms with Crippen LogP contribution in [0.25, 0.3) is 11.1 Å². The molecule has 0 aromatic heterocycles. The maximum atomic E-state index is 12.6. The van der Waals surface area contributed by atoms with Gasteiger partial charge in [-0.15, -0.1) is 0 Å². The third-order valence-corrected chi connectivity index (χ3v) is 6.90. The predicted octanol–water partition coefficient (Wildman–Crippen LogP) is 2.89. The van der Waals surface area contributed by atoms with E-state index in [0.717, 1.165) is 41.5 Å². The first kappa shape index (κ1) is 23.8. The molecule has 0 radical (unpaired) electrons. The number of aliphatic hydroxyl groups is 1. The van der Waals surface area contributed by atoms with Crippen molar-refractivity contribution in [3.8, 4) is 11.1 Å². The minimum Gasteiger partial charge on any atom is -0.480 e. The van der Waals surface area contributed by atoms with Crippen LogP contribution in [0.5, 0.6) is 0 Å². The van der Waals surface area contributed by atoms with Gasteiger partial charge in [0.1, 0.15) is 12.6 Å². The first-order valence-corrected chi connectivity index (χ1v) is 11.7. The van der Waals surface area contributed by atoms with E-state index in [1.165, 1.54) is 0 Å². The first-order valence-electron chi connectivity index (χ1n) is 11.7. The van der Waals surface area contributed by atoms with E-state index in [1.54, 1.807) is 0 Å². The standard InChI is InChI=1S/C26H30N2O6/c29-14-23(25(31)32)28-24(30)17-8-2-1-7-16(17)13-27-26(33)34-15-22-20-11-5-3-9-18(20)19-10-4-6-12-21(19)22/h3-6,9-12,16-17,22-23,29H,1-2,7-8,13-15H2,(H,27,33)(H,28,30)(H,31,32)/t16?,17?,23-/m1/s1. The van der Waals surface area contributed by atoms with Gasteiger partial charge in [0.15, 0.2) is 0 Å². The summed E-state index contributed by atoms with van der Waals surface area (Å²) < 4.78 is 5.58. The Hall–Kier alpha value is -3.39. The molecular weight excluding hydrogens is 436 g/mol. The number of carboxylic acids is 1. The number of hydrogen-bond donors (Lipinski definition) is 4. The molecule has 2 amide bonds. The molecule has 4 N–H and O–H groups in total. The van der Waals surface area contributed by atoms with Gasteiger partial charge >= 0.3 is 12.1 Å². The Morgan fingerprint density at radius 2 is 1.59 bits per heavy atom. The summed E-state index contributed by atoms with van der Waals surface area (Å²) in [5.74, 6) is -2.25. The van der Waals surface area contributed by atoms with Crippen molar-refractivity contribution in [3.05, 3.63) is 59.7 Å². The molecule has 2 aliphatic rings. The Kier molecular flexibility index (Phi) is 7.47. The summed E-state index contributed by atoms with van der Waals surface area (Å²) in [5.41, 5.74) is 4.59. The lowest BCUT2D eigenvalue weighted by atomic mass is 9.78. The molecule has 8 nitrogen and oxygen atoms in total. The number of hydrogen-bond acceptors (Lipinski definition) is 5. The minimum atomic E-state index is -1.33. The molecule has 0 heterocycles. The number of amides is 2. The average Bonchev–Trinajstić information content (AvgIpc) is 3.18. The van der Waals surface area contributed by atoms with E-state index in [4.69, 9.17) is 9.84 Å². The molecule has 2 aliphatic carbocycles. The van der Waals surface area contributed by atoms with Gasteiger partial charge < -0.3 is 25.6 Å². The number of aliphatic hydroxyl groups excluding tert-OH is 1. The highest BCUT2D eigenvalue weighted by Gasteiger charge is 2.34. The summed E-state index contributed by atoms with van der Waals surface area (Å²) in [4.78, 5) is 36.3. The molecule has 8 heteroatoms. The number of alkyl carbamates (subject to hydrolysis) is 1. The van der Waals surface area contributed by atoms with E-state index in [2.05, 4.69) is 34.9 Å². The molecule has 2 unspecified atom stereocenters. The van der Waals surface area contributed by atoms with E-state index < -0.39 is 36.5 Å². The molecule has 1 saturated carbocycles. The molecule has 0 spiro atoms. The van der Waals surface area contributed by atoms with Gasteiger partial charge in [0.2, 0.25) is 5.91 Å². The van der Waals surface area contributed by atoms with Crippen molar-refractivity contribution in [2.45, 2.75) is 37.6 Å². The smallest absolute Gasteiger partial charge is 0.407 e. The topological polar surface area (TPSA) is 125 Å². The normalized spacial score (nSPS) is 20.0. The fraction of sp³-hybridized carbons (Fsp3) is 0.423. The summed E-state index contributed by atoms with van der Waals surface area (Å²) in [6.45, 7) is -0.187. The zero-order valence-corrected chi connectivity index (χ0v) is 18.9. The van der Waals surface area contributed by atoms with Crippen LogP contribution < -0.4 is 10.6 Å². The summed E-state index contributed by atoms with van der Waals surface area (Å²) in [6.07, 6.45) is 2.61. The number of nitrogens with one attached hydrogen (secondary N) is 2. The van der Waals surface area contributed by atoms with Gasteiger partial charge in [-0.25, -0.2) is 9.59 Å². The van der Waals surface area contributed by atoms with E-state index in [-0.39, 0.29) is 25.0 Å². The second-order valence-electron chi connectivity index (χ2n) is 8.94. The van der Waals surface area contributed by atoms with Crippen LogP contribution in [0.4, 0.5) is 4.79 Å². The van der Waals surface area contributed by atoms with Crippen molar-refractivity contribution >= 4 is 18.0 Å². The molecule has 0 saturated heterocycles. The SMILES string of the molecule is O=C(NCC1CCCCC1C(=O)N[C@H](CO)C(=O)O)OCC1c2ccccc2-c2ccccc21. The zero-order valence-electron chi connectivity index (χ0n) is 18.9. The first-order chi connectivity index (χ1) is 16.5. The van der Waals surface area contributed by atoms with Crippen molar-refractivity contribution in [1.82, 2.24) is 10.6 Å². The fourth-order valence-corrected chi connectivity index (χ4v) is 5.13. The number of carboxylic acid groups (broad SMARTS) is 1. The molecule has 0 aliphatic heterocycles. The van der Waals surface area contributed by atoms with Crippen LogP contribution in [0.15, 0.2) is 48.5 Å². The minimum absolute atomic E-state index is 0.0298. The van der Waals surface area contributed by atoms with E-state index in [0.29, 0.717) is 6.42 Å². The summed E-state index contributed by atoms with van der Waals surface area (Å²) in [7, 11) is 0. The Bertz CT molecular complexity index is 1010. The van der Waals surface area contributed by atoms with Crippen LogP contribution in [0.2, 0.25) is 0 Å². The Labute approximate surface area is 198 Å². The summed E-state index contributed by atoms with van der Waals surface area (Å²) in [6, 6.07) is 14.9. The van der Waals surface area contributed by atoms with Crippen LogP contribution in [0.1, 0.15) is 42.7 Å². The van der Waals surface area contributed by atoms with E-state index in [1.807, 2.05) is 24.3 Å². The maximum absolute atomic E-state index is 12.6. The number of carbonyl (C=O) groups excluding carboxylic acids is 2. The molecule has 34 heavy (non-hydrogen) atoms. The van der Waals surface area contributed by atoms with Crippen LogP contribution in [-0.2, 0) is 14.3 Å². The molecule has 180 valence electrons. The lowest BCUT2D eigenvalue weighted by Crippen LogP contribution is -2.49. The van der Waals surface area contributed by atoms with E-state index >= 15 is 0 Å². The highest BCUT2D eigenvalue weighted by molar-refractivity contribution is 5.85. The highest BCUT2D eigenvalue weighted by Crippen LogP contribution is 2.44. The van der Waals surface area contributed by atoms with Gasteiger partial charge in [0, 0.05) is 18.4 Å². The Morgan fingerprint density at radius 1 is 0.971 bits per heavy atom. The highest BCUT2D eigenvalue weighted by atomic mass is 16.5. The van der Waals surface area contributed by atoms with Crippen molar-refractivity contribution in [2.24, 2.45) is 11.8 Å². The second-order valence-corrected chi connectivity index (χ2v) is 8.94. The van der Waals surface area contributed by atoms with Gasteiger partial charge in [0.05, 0.1) is 6.61 Å². The molecule has 3 atom stereocenters. The molecule has 2 aromatic rings. The van der Waals surface area contributed by atoms with E-state index in [9.17, 15) is 19.5 Å². The number of rotatable bonds is 8. The van der Waals surface area contributed by atoms with Gasteiger partial charge in [-0.1, -0.05) is 61.4 Å². The molecule has 0 bridgehead atoms. The number of carbonyl (C=O) groups is 3. The molecule has 1 fully saturated rings. The van der Waals surface area contributed by atoms with Crippen molar-refractivity contribution in [1.29, 1.82) is 0 Å². The average molecular weight is 467 g/mol. The van der Waals surface area contributed by atoms with Crippen molar-refractivity contribution in [2.75, 3.05) is 19.8 Å². The van der Waals surface area contributed by atoms with Gasteiger partial charge in [-0.3, -0.25) is 4.79 Å². The summed E-state index contributed by atoms with van der Waals surface area (Å²) >= 11 is 0. The Morgan fingerprint density at radius 3 is 2.21 bits per heavy atom. The van der Waals surface area contributed by atoms with Crippen LogP contribution >= 0.6 is 0 Å². The van der Waals surface area contributed by atoms with Gasteiger partial charge in [-0.2, -0.15) is 0 Å². The monoisotopic (exact) mass is 466 g/mol. The van der Waals surface area contributed by atoms with Crippen LogP contribution in [0.3, 0.4) is 0 Å². The molecule has 2 aromatic carbocycles. The Balaban J connectivity index is 1.33. The lowest BCUT2D eigenvalue weighted by molar-refractivity contribution is -0.144. The predicted molar refractivity (Wildman–Crippen MR) is 125 cm³/mol. The van der Waals surface area contributed by atoms with Crippen molar-refractivity contribution in [3.63, 3.8) is 0 Å².